The summed E-state index contributed by atoms with van der Waals surface area (Å²) in [6, 6.07) is 7.49. The lowest BCUT2D eigenvalue weighted by Crippen LogP contribution is -2.40. The van der Waals surface area contributed by atoms with Gasteiger partial charge in [0.25, 0.3) is 0 Å². The third-order valence-electron chi connectivity index (χ3n) is 3.90. The number of aliphatic imine (C=N–C) groups is 1. The molecule has 1 aliphatic heterocycles. The number of hydrogen-bond donors (Lipinski definition) is 3. The summed E-state index contributed by atoms with van der Waals surface area (Å²) in [5, 5.41) is 6.50. The first-order chi connectivity index (χ1) is 11.5. The first-order valence-corrected chi connectivity index (χ1v) is 9.73. The number of hydrogen-bond acceptors (Lipinski definition) is 4. The zero-order chi connectivity index (χ0) is 17.4. The van der Waals surface area contributed by atoms with E-state index in [-0.39, 0.29) is 11.9 Å². The molecule has 1 aromatic carbocycles. The molecule has 0 aromatic heterocycles. The van der Waals surface area contributed by atoms with E-state index in [1.807, 2.05) is 24.3 Å². The van der Waals surface area contributed by atoms with Gasteiger partial charge in [0.2, 0.25) is 10.0 Å². The lowest BCUT2D eigenvalue weighted by atomic mass is 10.1. The Balaban J connectivity index is 1.80. The molecule has 1 aliphatic rings. The number of ether oxygens (including phenoxy) is 1. The van der Waals surface area contributed by atoms with E-state index in [2.05, 4.69) is 20.3 Å². The van der Waals surface area contributed by atoms with Crippen LogP contribution >= 0.6 is 0 Å². The molecule has 3 N–H and O–H groups in total. The maximum absolute atomic E-state index is 11.5. The van der Waals surface area contributed by atoms with E-state index in [1.165, 1.54) is 7.05 Å². The SMILES string of the molecule is CN=C(NCc1ccc(CS(=O)(=O)NC)cc1)NCC1CCCO1. The van der Waals surface area contributed by atoms with Gasteiger partial charge >= 0.3 is 0 Å². The van der Waals surface area contributed by atoms with Crippen LogP contribution in [0.15, 0.2) is 29.3 Å². The summed E-state index contributed by atoms with van der Waals surface area (Å²) in [5.74, 6) is 0.717. The van der Waals surface area contributed by atoms with E-state index < -0.39 is 10.0 Å². The smallest absolute Gasteiger partial charge is 0.215 e. The first kappa shape index (κ1) is 18.7. The van der Waals surface area contributed by atoms with Crippen molar-refractivity contribution in [3.63, 3.8) is 0 Å². The van der Waals surface area contributed by atoms with Gasteiger partial charge in [-0.05, 0) is 31.0 Å². The fourth-order valence-electron chi connectivity index (χ4n) is 2.47. The summed E-state index contributed by atoms with van der Waals surface area (Å²) in [4.78, 5) is 4.19. The average Bonchev–Trinajstić information content (AvgIpc) is 3.09. The summed E-state index contributed by atoms with van der Waals surface area (Å²) >= 11 is 0. The highest BCUT2D eigenvalue weighted by Crippen LogP contribution is 2.10. The highest BCUT2D eigenvalue weighted by molar-refractivity contribution is 7.88. The molecule has 7 nitrogen and oxygen atoms in total. The van der Waals surface area contributed by atoms with E-state index >= 15 is 0 Å². The van der Waals surface area contributed by atoms with Crippen molar-refractivity contribution in [1.29, 1.82) is 0 Å². The highest BCUT2D eigenvalue weighted by atomic mass is 32.2. The molecule has 8 heteroatoms. The van der Waals surface area contributed by atoms with Crippen LogP contribution in [-0.4, -0.2) is 47.7 Å². The van der Waals surface area contributed by atoms with Gasteiger partial charge in [-0.15, -0.1) is 0 Å². The quantitative estimate of drug-likeness (QED) is 0.492. The molecule has 1 aromatic rings. The van der Waals surface area contributed by atoms with Gasteiger partial charge in [0.1, 0.15) is 0 Å². The van der Waals surface area contributed by atoms with E-state index in [4.69, 9.17) is 4.74 Å². The second kappa shape index (κ2) is 9.00. The van der Waals surface area contributed by atoms with Crippen molar-refractivity contribution < 1.29 is 13.2 Å². The van der Waals surface area contributed by atoms with E-state index in [0.29, 0.717) is 6.54 Å². The van der Waals surface area contributed by atoms with Crippen molar-refractivity contribution >= 4 is 16.0 Å². The maximum Gasteiger partial charge on any atom is 0.215 e. The monoisotopic (exact) mass is 354 g/mol. The fraction of sp³-hybridized carbons (Fsp3) is 0.562. The lowest BCUT2D eigenvalue weighted by molar-refractivity contribution is 0.114. The van der Waals surface area contributed by atoms with Gasteiger partial charge in [-0.2, -0.15) is 0 Å². The maximum atomic E-state index is 11.5. The molecule has 0 aliphatic carbocycles. The van der Waals surface area contributed by atoms with Crippen LogP contribution in [0, 0.1) is 0 Å². The Bertz CT molecular complexity index is 638. The average molecular weight is 354 g/mol. The molecule has 1 heterocycles. The molecule has 2 rings (SSSR count). The van der Waals surface area contributed by atoms with Crippen molar-refractivity contribution in [3.8, 4) is 0 Å². The Labute approximate surface area is 143 Å². The van der Waals surface area contributed by atoms with Crippen LogP contribution in [0.2, 0.25) is 0 Å². The van der Waals surface area contributed by atoms with Crippen LogP contribution in [0.5, 0.6) is 0 Å². The Kier molecular flexibility index (Phi) is 7.01. The third-order valence-corrected chi connectivity index (χ3v) is 5.23. The molecule has 1 saturated heterocycles. The largest absolute Gasteiger partial charge is 0.376 e. The number of nitrogens with zero attached hydrogens (tertiary/aromatic N) is 1. The van der Waals surface area contributed by atoms with Crippen molar-refractivity contribution in [3.05, 3.63) is 35.4 Å². The number of rotatable bonds is 7. The summed E-state index contributed by atoms with van der Waals surface area (Å²) in [7, 11) is -0.0850. The molecule has 0 amide bonds. The Morgan fingerprint density at radius 2 is 1.96 bits per heavy atom. The van der Waals surface area contributed by atoms with Crippen LogP contribution in [-0.2, 0) is 27.1 Å². The summed E-state index contributed by atoms with van der Waals surface area (Å²) in [6.07, 6.45) is 2.46. The second-order valence-electron chi connectivity index (χ2n) is 5.72. The number of nitrogens with one attached hydrogen (secondary N) is 3. The second-order valence-corrected chi connectivity index (χ2v) is 7.65. The van der Waals surface area contributed by atoms with Crippen LogP contribution < -0.4 is 15.4 Å². The number of benzene rings is 1. The van der Waals surface area contributed by atoms with Crippen LogP contribution in [0.25, 0.3) is 0 Å². The molecule has 0 bridgehead atoms. The van der Waals surface area contributed by atoms with Crippen LogP contribution in [0.4, 0.5) is 0 Å². The molecular weight excluding hydrogens is 328 g/mol. The molecule has 1 fully saturated rings. The minimum Gasteiger partial charge on any atom is -0.376 e. The van der Waals surface area contributed by atoms with Crippen molar-refractivity contribution in [2.45, 2.75) is 31.2 Å². The minimum atomic E-state index is -3.24. The molecule has 1 atom stereocenters. The molecule has 24 heavy (non-hydrogen) atoms. The summed E-state index contributed by atoms with van der Waals surface area (Å²) < 4.78 is 30.9. The van der Waals surface area contributed by atoms with E-state index in [0.717, 1.165) is 43.1 Å². The van der Waals surface area contributed by atoms with Crippen LogP contribution in [0.1, 0.15) is 24.0 Å². The van der Waals surface area contributed by atoms with Crippen LogP contribution in [0.3, 0.4) is 0 Å². The van der Waals surface area contributed by atoms with Gasteiger partial charge in [0.05, 0.1) is 11.9 Å². The number of guanidine groups is 1. The van der Waals surface area contributed by atoms with Gasteiger partial charge in [0.15, 0.2) is 5.96 Å². The van der Waals surface area contributed by atoms with Gasteiger partial charge in [-0.1, -0.05) is 24.3 Å². The highest BCUT2D eigenvalue weighted by Gasteiger charge is 2.15. The minimum absolute atomic E-state index is 0.0121. The zero-order valence-corrected chi connectivity index (χ0v) is 15.0. The fourth-order valence-corrected chi connectivity index (χ4v) is 3.24. The van der Waals surface area contributed by atoms with Crippen molar-refractivity contribution in [2.24, 2.45) is 4.99 Å². The Morgan fingerprint density at radius 1 is 1.25 bits per heavy atom. The van der Waals surface area contributed by atoms with Gasteiger partial charge in [-0.3, -0.25) is 4.99 Å². The molecule has 0 saturated carbocycles. The molecule has 0 radical (unpaired) electrons. The Morgan fingerprint density at radius 3 is 2.54 bits per heavy atom. The molecule has 134 valence electrons. The summed E-state index contributed by atoms with van der Waals surface area (Å²) in [6.45, 7) is 2.21. The van der Waals surface area contributed by atoms with Gasteiger partial charge in [0, 0.05) is 26.7 Å². The lowest BCUT2D eigenvalue weighted by Gasteiger charge is -2.15. The third kappa shape index (κ3) is 6.10. The zero-order valence-electron chi connectivity index (χ0n) is 14.2. The van der Waals surface area contributed by atoms with Crippen molar-refractivity contribution in [1.82, 2.24) is 15.4 Å². The normalized spacial score (nSPS) is 18.6. The summed E-state index contributed by atoms with van der Waals surface area (Å²) in [5.41, 5.74) is 1.81. The molecule has 0 spiro atoms. The predicted octanol–water partition coefficient (Wildman–Crippen LogP) is 0.580. The van der Waals surface area contributed by atoms with Crippen molar-refractivity contribution in [2.75, 3.05) is 27.2 Å². The topological polar surface area (TPSA) is 91.8 Å². The van der Waals surface area contributed by atoms with E-state index in [9.17, 15) is 8.42 Å². The van der Waals surface area contributed by atoms with E-state index in [1.54, 1.807) is 7.05 Å². The predicted molar refractivity (Wildman–Crippen MR) is 95.3 cm³/mol. The van der Waals surface area contributed by atoms with Gasteiger partial charge in [-0.25, -0.2) is 13.1 Å². The first-order valence-electron chi connectivity index (χ1n) is 8.07. The Hall–Kier alpha value is -1.64. The standard InChI is InChI=1S/C16H26N4O3S/c1-17-16(20-11-15-4-3-9-23-15)19-10-13-5-7-14(8-6-13)12-24(21,22)18-2/h5-8,15,18H,3-4,9-12H2,1-2H3,(H2,17,19,20). The molecular formula is C16H26N4O3S. The number of sulfonamides is 1. The van der Waals surface area contributed by atoms with Gasteiger partial charge < -0.3 is 15.4 Å². The molecule has 1 unspecified atom stereocenters.